The van der Waals surface area contributed by atoms with Gasteiger partial charge in [0.25, 0.3) is 0 Å². The zero-order chi connectivity index (χ0) is 21.6. The van der Waals surface area contributed by atoms with E-state index in [9.17, 15) is 18.0 Å². The van der Waals surface area contributed by atoms with Gasteiger partial charge < -0.3 is 15.4 Å². The summed E-state index contributed by atoms with van der Waals surface area (Å²) in [4.78, 5) is 24.8. The van der Waals surface area contributed by atoms with Crippen LogP contribution in [-0.4, -0.2) is 51.3 Å². The first-order chi connectivity index (χ1) is 14.4. The summed E-state index contributed by atoms with van der Waals surface area (Å²) < 4.78 is 32.0. The summed E-state index contributed by atoms with van der Waals surface area (Å²) >= 11 is 0. The predicted octanol–water partition coefficient (Wildman–Crippen LogP) is 1.85. The molecule has 0 aromatic heterocycles. The molecule has 9 heteroatoms. The van der Waals surface area contributed by atoms with Gasteiger partial charge in [0.15, 0.2) is 0 Å². The molecule has 1 aliphatic heterocycles. The molecule has 3 rings (SSSR count). The molecule has 1 atom stereocenters. The second-order valence-electron chi connectivity index (χ2n) is 7.01. The van der Waals surface area contributed by atoms with Crippen LogP contribution in [0.5, 0.6) is 5.75 Å². The third-order valence-corrected chi connectivity index (χ3v) is 6.81. The number of rotatable bonds is 7. The highest BCUT2D eigenvalue weighted by Crippen LogP contribution is 2.23. The van der Waals surface area contributed by atoms with E-state index in [-0.39, 0.29) is 29.8 Å². The van der Waals surface area contributed by atoms with Gasteiger partial charge in [0.1, 0.15) is 5.75 Å². The maximum absolute atomic E-state index is 12.8. The predicted molar refractivity (Wildman–Crippen MR) is 113 cm³/mol. The molecule has 30 heavy (non-hydrogen) atoms. The third-order valence-electron chi connectivity index (χ3n) is 4.93. The van der Waals surface area contributed by atoms with Crippen LogP contribution in [-0.2, 0) is 19.6 Å². The van der Waals surface area contributed by atoms with Crippen LogP contribution in [0.2, 0.25) is 0 Å². The van der Waals surface area contributed by atoms with E-state index in [0.717, 1.165) is 0 Å². The number of sulfonamides is 1. The number of carbonyl (C=O) groups is 2. The van der Waals surface area contributed by atoms with E-state index in [1.54, 1.807) is 61.7 Å². The van der Waals surface area contributed by atoms with Gasteiger partial charge in [0.2, 0.25) is 21.8 Å². The lowest BCUT2D eigenvalue weighted by molar-refractivity contribution is -0.128. The van der Waals surface area contributed by atoms with Gasteiger partial charge in [-0.3, -0.25) is 9.59 Å². The Labute approximate surface area is 176 Å². The van der Waals surface area contributed by atoms with Gasteiger partial charge in [0, 0.05) is 18.8 Å². The van der Waals surface area contributed by atoms with E-state index >= 15 is 0 Å². The van der Waals surface area contributed by atoms with Crippen LogP contribution in [0, 0.1) is 5.92 Å². The van der Waals surface area contributed by atoms with Gasteiger partial charge in [-0.05, 0) is 49.2 Å². The Hall–Kier alpha value is -2.91. The Morgan fingerprint density at radius 2 is 1.80 bits per heavy atom. The molecule has 1 saturated heterocycles. The largest absolute Gasteiger partial charge is 0.497 e. The molecule has 0 saturated carbocycles. The maximum Gasteiger partial charge on any atom is 0.243 e. The zero-order valence-electron chi connectivity index (χ0n) is 16.7. The van der Waals surface area contributed by atoms with Crippen LogP contribution in [0.4, 0.5) is 5.69 Å². The van der Waals surface area contributed by atoms with Crippen molar-refractivity contribution in [2.75, 3.05) is 32.1 Å². The van der Waals surface area contributed by atoms with Crippen LogP contribution >= 0.6 is 0 Å². The Morgan fingerprint density at radius 1 is 1.10 bits per heavy atom. The average molecular weight is 432 g/mol. The van der Waals surface area contributed by atoms with Crippen LogP contribution in [0.3, 0.4) is 0 Å². The molecular formula is C21H25N3O5S. The van der Waals surface area contributed by atoms with E-state index in [1.165, 1.54) is 4.31 Å². The molecular weight excluding hydrogens is 406 g/mol. The number of anilines is 1. The molecule has 1 aliphatic rings. The number of carbonyl (C=O) groups excluding carboxylic acids is 2. The Morgan fingerprint density at radius 3 is 2.47 bits per heavy atom. The summed E-state index contributed by atoms with van der Waals surface area (Å²) in [5.41, 5.74) is 0.591. The second-order valence-corrected chi connectivity index (χ2v) is 8.95. The average Bonchev–Trinajstić information content (AvgIpc) is 2.78. The molecule has 1 heterocycles. The van der Waals surface area contributed by atoms with Crippen molar-refractivity contribution in [1.82, 2.24) is 9.62 Å². The molecule has 0 bridgehead atoms. The summed E-state index contributed by atoms with van der Waals surface area (Å²) in [6.45, 7) is 0.287. The first kappa shape index (κ1) is 21.8. The molecule has 2 amide bonds. The smallest absolute Gasteiger partial charge is 0.243 e. The number of hydrogen-bond acceptors (Lipinski definition) is 5. The van der Waals surface area contributed by atoms with E-state index in [0.29, 0.717) is 30.8 Å². The summed E-state index contributed by atoms with van der Waals surface area (Å²) in [6.07, 6.45) is 1.16. The molecule has 2 N–H and O–H groups in total. The van der Waals surface area contributed by atoms with Crippen molar-refractivity contribution in [1.29, 1.82) is 0 Å². The van der Waals surface area contributed by atoms with Crippen LogP contribution in [0.25, 0.3) is 0 Å². The number of amides is 2. The molecule has 0 spiro atoms. The minimum absolute atomic E-state index is 0.100. The molecule has 0 radical (unpaired) electrons. The summed E-state index contributed by atoms with van der Waals surface area (Å²) in [5.74, 6) is -0.509. The van der Waals surface area contributed by atoms with Crippen molar-refractivity contribution >= 4 is 27.5 Å². The minimum Gasteiger partial charge on any atom is -0.497 e. The fourth-order valence-electron chi connectivity index (χ4n) is 3.31. The topological polar surface area (TPSA) is 105 Å². The SMILES string of the molecule is COc1ccc(NC(=O)CNC(=O)[C@H]2CCCN(S(=O)(=O)c3ccccc3)C2)cc1. The molecule has 0 unspecified atom stereocenters. The van der Waals surface area contributed by atoms with E-state index in [2.05, 4.69) is 10.6 Å². The number of hydrogen-bond donors (Lipinski definition) is 2. The maximum atomic E-state index is 12.8. The van der Waals surface area contributed by atoms with Gasteiger partial charge in [-0.25, -0.2) is 8.42 Å². The number of nitrogens with one attached hydrogen (secondary N) is 2. The van der Waals surface area contributed by atoms with E-state index in [1.807, 2.05) is 0 Å². The van der Waals surface area contributed by atoms with E-state index < -0.39 is 15.9 Å². The minimum atomic E-state index is -3.64. The van der Waals surface area contributed by atoms with Crippen molar-refractivity contribution in [2.45, 2.75) is 17.7 Å². The molecule has 160 valence electrons. The van der Waals surface area contributed by atoms with E-state index in [4.69, 9.17) is 4.74 Å². The molecule has 2 aromatic rings. The molecule has 2 aromatic carbocycles. The van der Waals surface area contributed by atoms with Crippen molar-refractivity contribution in [3.05, 3.63) is 54.6 Å². The Balaban J connectivity index is 1.53. The first-order valence-electron chi connectivity index (χ1n) is 9.67. The number of piperidine rings is 1. The molecule has 0 aliphatic carbocycles. The van der Waals surface area contributed by atoms with Gasteiger partial charge in [-0.1, -0.05) is 18.2 Å². The third kappa shape index (κ3) is 5.37. The first-order valence-corrected chi connectivity index (χ1v) is 11.1. The lowest BCUT2D eigenvalue weighted by Gasteiger charge is -2.31. The lowest BCUT2D eigenvalue weighted by Crippen LogP contribution is -2.46. The van der Waals surface area contributed by atoms with Gasteiger partial charge in [-0.15, -0.1) is 0 Å². The van der Waals surface area contributed by atoms with Crippen molar-refractivity contribution < 1.29 is 22.7 Å². The molecule has 8 nitrogen and oxygen atoms in total. The van der Waals surface area contributed by atoms with Crippen LogP contribution in [0.1, 0.15) is 12.8 Å². The molecule has 1 fully saturated rings. The van der Waals surface area contributed by atoms with Gasteiger partial charge >= 0.3 is 0 Å². The van der Waals surface area contributed by atoms with Gasteiger partial charge in [0.05, 0.1) is 24.5 Å². The fourth-order valence-corrected chi connectivity index (χ4v) is 4.85. The Kier molecular flexibility index (Phi) is 7.07. The highest BCUT2D eigenvalue weighted by atomic mass is 32.2. The number of benzene rings is 2. The van der Waals surface area contributed by atoms with Crippen LogP contribution < -0.4 is 15.4 Å². The van der Waals surface area contributed by atoms with Crippen molar-refractivity contribution in [3.63, 3.8) is 0 Å². The summed E-state index contributed by atoms with van der Waals surface area (Å²) in [7, 11) is -2.09. The number of ether oxygens (including phenoxy) is 1. The van der Waals surface area contributed by atoms with Crippen molar-refractivity contribution in [2.24, 2.45) is 5.92 Å². The summed E-state index contributed by atoms with van der Waals surface area (Å²) in [5, 5.41) is 5.30. The highest BCUT2D eigenvalue weighted by Gasteiger charge is 2.33. The number of nitrogens with zero attached hydrogens (tertiary/aromatic N) is 1. The summed E-state index contributed by atoms with van der Waals surface area (Å²) in [6, 6.07) is 15.0. The quantitative estimate of drug-likeness (QED) is 0.696. The fraction of sp³-hybridized carbons (Fsp3) is 0.333. The highest BCUT2D eigenvalue weighted by molar-refractivity contribution is 7.89. The van der Waals surface area contributed by atoms with Gasteiger partial charge in [-0.2, -0.15) is 4.31 Å². The zero-order valence-corrected chi connectivity index (χ0v) is 17.5. The monoisotopic (exact) mass is 431 g/mol. The standard InChI is InChI=1S/C21H25N3O5S/c1-29-18-11-9-17(10-12-18)23-20(25)14-22-21(26)16-6-5-13-24(15-16)30(27,28)19-7-3-2-4-8-19/h2-4,7-12,16H,5-6,13-15H2,1H3,(H,22,26)(H,23,25)/t16-/m0/s1. The normalized spacial score (nSPS) is 17.2. The van der Waals surface area contributed by atoms with Crippen LogP contribution in [0.15, 0.2) is 59.5 Å². The lowest BCUT2D eigenvalue weighted by atomic mass is 9.99. The number of methoxy groups -OCH3 is 1. The van der Waals surface area contributed by atoms with Crippen molar-refractivity contribution in [3.8, 4) is 5.75 Å². The second kappa shape index (κ2) is 9.73. The Bertz CT molecular complexity index is 977.